The second-order valence-corrected chi connectivity index (χ2v) is 4.44. The standard InChI is InChI=1S/C8H7F2NO.C7H3ClF2O/c1-11-8(12)6-3-2-5(9)4-7(6)10;8-7(11)5-2-1-4(9)3-6(5)10/h2-4H,1H3,(H,11,12);1-3H. The molecule has 0 heterocycles. The number of hydrogen-bond acceptors (Lipinski definition) is 2. The van der Waals surface area contributed by atoms with Crippen molar-refractivity contribution in [2.45, 2.75) is 0 Å². The number of benzene rings is 2. The molecule has 0 bridgehead atoms. The number of carbonyl (C=O) groups is 2. The summed E-state index contributed by atoms with van der Waals surface area (Å²) in [6.07, 6.45) is 0. The lowest BCUT2D eigenvalue weighted by atomic mass is 10.2. The second kappa shape index (κ2) is 8.28. The fourth-order valence-electron chi connectivity index (χ4n) is 1.46. The van der Waals surface area contributed by atoms with Gasteiger partial charge in [-0.1, -0.05) is 0 Å². The zero-order chi connectivity index (χ0) is 17.6. The SMILES string of the molecule is CNC(=O)c1ccc(F)cc1F.O=C(Cl)c1ccc(F)cc1F. The summed E-state index contributed by atoms with van der Waals surface area (Å²) >= 11 is 4.96. The van der Waals surface area contributed by atoms with E-state index in [0.717, 1.165) is 24.3 Å². The number of halogens is 5. The van der Waals surface area contributed by atoms with Gasteiger partial charge in [0, 0.05) is 19.2 Å². The van der Waals surface area contributed by atoms with Gasteiger partial charge in [-0.25, -0.2) is 17.6 Å². The molecule has 1 N–H and O–H groups in total. The van der Waals surface area contributed by atoms with Gasteiger partial charge in [0.15, 0.2) is 0 Å². The Labute approximate surface area is 133 Å². The van der Waals surface area contributed by atoms with Crippen LogP contribution in [-0.4, -0.2) is 18.2 Å². The van der Waals surface area contributed by atoms with E-state index in [1.54, 1.807) is 0 Å². The van der Waals surface area contributed by atoms with E-state index < -0.39 is 34.4 Å². The second-order valence-electron chi connectivity index (χ2n) is 4.10. The molecule has 2 aromatic carbocycles. The Kier molecular flexibility index (Phi) is 6.71. The van der Waals surface area contributed by atoms with E-state index in [4.69, 9.17) is 11.6 Å². The molecule has 0 aromatic heterocycles. The third-order valence-corrected chi connectivity index (χ3v) is 2.75. The van der Waals surface area contributed by atoms with E-state index in [1.807, 2.05) is 0 Å². The average molecular weight is 348 g/mol. The average Bonchev–Trinajstić information content (AvgIpc) is 2.46. The first kappa shape index (κ1) is 18.6. The smallest absolute Gasteiger partial charge is 0.255 e. The van der Waals surface area contributed by atoms with Gasteiger partial charge in [0.25, 0.3) is 11.1 Å². The van der Waals surface area contributed by atoms with E-state index in [-0.39, 0.29) is 11.1 Å². The first-order chi connectivity index (χ1) is 10.8. The highest BCUT2D eigenvalue weighted by atomic mass is 35.5. The van der Waals surface area contributed by atoms with Gasteiger partial charge in [0.2, 0.25) is 0 Å². The third kappa shape index (κ3) is 5.37. The summed E-state index contributed by atoms with van der Waals surface area (Å²) in [5, 5.41) is 1.31. The molecule has 3 nitrogen and oxygen atoms in total. The summed E-state index contributed by atoms with van der Waals surface area (Å²) in [5.74, 6) is -3.78. The zero-order valence-corrected chi connectivity index (χ0v) is 12.4. The van der Waals surface area contributed by atoms with Gasteiger partial charge in [-0.3, -0.25) is 9.59 Å². The topological polar surface area (TPSA) is 46.2 Å². The van der Waals surface area contributed by atoms with Gasteiger partial charge < -0.3 is 5.32 Å². The molecular weight excluding hydrogens is 338 g/mol. The molecule has 0 aliphatic rings. The Balaban J connectivity index is 0.000000231. The normalized spacial score (nSPS) is 9.65. The monoisotopic (exact) mass is 347 g/mol. The molecular formula is C15H10ClF4NO2. The van der Waals surface area contributed by atoms with E-state index in [9.17, 15) is 27.2 Å². The van der Waals surface area contributed by atoms with Crippen LogP contribution in [0.4, 0.5) is 17.6 Å². The summed E-state index contributed by atoms with van der Waals surface area (Å²) in [7, 11) is 1.38. The summed E-state index contributed by atoms with van der Waals surface area (Å²) in [6.45, 7) is 0. The lowest BCUT2D eigenvalue weighted by Crippen LogP contribution is -2.19. The molecule has 0 aliphatic heterocycles. The molecule has 8 heteroatoms. The fraction of sp³-hybridized carbons (Fsp3) is 0.0667. The van der Waals surface area contributed by atoms with Gasteiger partial charge in [0.05, 0.1) is 11.1 Å². The van der Waals surface area contributed by atoms with Crippen LogP contribution >= 0.6 is 11.6 Å². The van der Waals surface area contributed by atoms with Crippen LogP contribution in [-0.2, 0) is 0 Å². The third-order valence-electron chi connectivity index (χ3n) is 2.55. The van der Waals surface area contributed by atoms with E-state index in [0.29, 0.717) is 12.1 Å². The Bertz CT molecular complexity index is 737. The number of carbonyl (C=O) groups excluding carboxylic acids is 2. The van der Waals surface area contributed by atoms with Gasteiger partial charge in [-0.2, -0.15) is 0 Å². The van der Waals surface area contributed by atoms with Crippen LogP contribution in [0.2, 0.25) is 0 Å². The molecule has 0 spiro atoms. The van der Waals surface area contributed by atoms with Crippen molar-refractivity contribution in [3.8, 4) is 0 Å². The summed E-state index contributed by atoms with van der Waals surface area (Å²) in [4.78, 5) is 21.3. The van der Waals surface area contributed by atoms with Crippen molar-refractivity contribution >= 4 is 22.8 Å². The molecule has 0 unspecified atom stereocenters. The molecule has 122 valence electrons. The van der Waals surface area contributed by atoms with Crippen molar-refractivity contribution in [1.82, 2.24) is 5.32 Å². The number of rotatable bonds is 2. The van der Waals surface area contributed by atoms with E-state index >= 15 is 0 Å². The van der Waals surface area contributed by atoms with Gasteiger partial charge in [-0.15, -0.1) is 0 Å². The first-order valence-corrected chi connectivity index (χ1v) is 6.46. The largest absolute Gasteiger partial charge is 0.355 e. The van der Waals surface area contributed by atoms with Gasteiger partial charge in [-0.05, 0) is 35.9 Å². The lowest BCUT2D eigenvalue weighted by Gasteiger charge is -2.00. The Morgan fingerprint density at radius 1 is 0.870 bits per heavy atom. The number of hydrogen-bond donors (Lipinski definition) is 1. The van der Waals surface area contributed by atoms with E-state index in [2.05, 4.69) is 5.32 Å². The molecule has 0 atom stereocenters. The molecule has 23 heavy (non-hydrogen) atoms. The van der Waals surface area contributed by atoms with Gasteiger partial charge in [0.1, 0.15) is 23.3 Å². The quantitative estimate of drug-likeness (QED) is 0.665. The number of nitrogens with one attached hydrogen (secondary N) is 1. The predicted octanol–water partition coefficient (Wildman–Crippen LogP) is 3.67. The molecule has 0 saturated heterocycles. The summed E-state index contributed by atoms with van der Waals surface area (Å²) < 4.78 is 49.9. The van der Waals surface area contributed by atoms with Crippen molar-refractivity contribution in [3.63, 3.8) is 0 Å². The Morgan fingerprint density at radius 2 is 1.30 bits per heavy atom. The molecule has 0 aliphatic carbocycles. The highest BCUT2D eigenvalue weighted by molar-refractivity contribution is 6.67. The van der Waals surface area contributed by atoms with Crippen molar-refractivity contribution in [2.24, 2.45) is 0 Å². The zero-order valence-electron chi connectivity index (χ0n) is 11.7. The van der Waals surface area contributed by atoms with Crippen molar-refractivity contribution in [3.05, 3.63) is 70.8 Å². The molecule has 1 amide bonds. The predicted molar refractivity (Wildman–Crippen MR) is 76.3 cm³/mol. The van der Waals surface area contributed by atoms with Crippen LogP contribution in [0, 0.1) is 23.3 Å². The van der Waals surface area contributed by atoms with E-state index in [1.165, 1.54) is 7.05 Å². The minimum Gasteiger partial charge on any atom is -0.355 e. The first-order valence-electron chi connectivity index (χ1n) is 6.08. The maximum absolute atomic E-state index is 12.8. The van der Waals surface area contributed by atoms with Crippen LogP contribution in [0.5, 0.6) is 0 Å². The summed E-state index contributed by atoms with van der Waals surface area (Å²) in [6, 6.07) is 5.38. The molecule has 0 saturated carbocycles. The van der Waals surface area contributed by atoms with Crippen LogP contribution in [0.3, 0.4) is 0 Å². The van der Waals surface area contributed by atoms with Crippen molar-refractivity contribution in [1.29, 1.82) is 0 Å². The molecule has 2 aromatic rings. The van der Waals surface area contributed by atoms with Crippen molar-refractivity contribution in [2.75, 3.05) is 7.05 Å². The minimum atomic E-state index is -0.940. The summed E-state index contributed by atoms with van der Waals surface area (Å²) in [5.41, 5.74) is -0.466. The fourth-order valence-corrected chi connectivity index (χ4v) is 1.61. The Morgan fingerprint density at radius 3 is 1.65 bits per heavy atom. The minimum absolute atomic E-state index is 0.154. The molecule has 2 rings (SSSR count). The highest BCUT2D eigenvalue weighted by Gasteiger charge is 2.10. The highest BCUT2D eigenvalue weighted by Crippen LogP contribution is 2.11. The molecule has 0 fully saturated rings. The maximum atomic E-state index is 12.8. The van der Waals surface area contributed by atoms with Crippen LogP contribution in [0.15, 0.2) is 36.4 Å². The molecule has 0 radical (unpaired) electrons. The van der Waals surface area contributed by atoms with Crippen LogP contribution in [0.1, 0.15) is 20.7 Å². The van der Waals surface area contributed by atoms with Crippen LogP contribution in [0.25, 0.3) is 0 Å². The van der Waals surface area contributed by atoms with Crippen LogP contribution < -0.4 is 5.32 Å². The lowest BCUT2D eigenvalue weighted by molar-refractivity contribution is 0.0958. The maximum Gasteiger partial charge on any atom is 0.255 e. The van der Waals surface area contributed by atoms with Gasteiger partial charge >= 0.3 is 0 Å². The Hall–Kier alpha value is -2.41. The van der Waals surface area contributed by atoms with Crippen molar-refractivity contribution < 1.29 is 27.2 Å². The number of amides is 1.